The first-order valence-electron chi connectivity index (χ1n) is 9.13. The van der Waals surface area contributed by atoms with Gasteiger partial charge in [0.25, 0.3) is 0 Å². The van der Waals surface area contributed by atoms with Crippen molar-refractivity contribution >= 4 is 34.1 Å². The number of urea groups is 1. The lowest BCUT2D eigenvalue weighted by atomic mass is 9.99. The molecule has 5 heteroatoms. The monoisotopic (exact) mass is 357 g/mol. The van der Waals surface area contributed by atoms with Crippen LogP contribution in [-0.4, -0.2) is 36.1 Å². The summed E-state index contributed by atoms with van der Waals surface area (Å²) in [4.78, 5) is 15.2. The molecule has 132 valence electrons. The largest absolute Gasteiger partial charge is 0.334 e. The number of rotatable bonds is 2. The fourth-order valence-electron chi connectivity index (χ4n) is 4.36. The summed E-state index contributed by atoms with van der Waals surface area (Å²) in [6, 6.07) is 10.5. The molecule has 25 heavy (non-hydrogen) atoms. The van der Waals surface area contributed by atoms with Crippen molar-refractivity contribution < 1.29 is 4.79 Å². The van der Waals surface area contributed by atoms with Gasteiger partial charge in [-0.05, 0) is 44.4 Å². The summed E-state index contributed by atoms with van der Waals surface area (Å²) in [6.45, 7) is 4.25. The molecular formula is C20H24ClN3O. The van der Waals surface area contributed by atoms with Crippen molar-refractivity contribution in [3.63, 3.8) is 0 Å². The predicted molar refractivity (Wildman–Crippen MR) is 103 cm³/mol. The third kappa shape index (κ3) is 3.21. The molecule has 0 spiro atoms. The normalized spacial score (nSPS) is 23.4. The van der Waals surface area contributed by atoms with Gasteiger partial charge in [-0.15, -0.1) is 0 Å². The average molecular weight is 358 g/mol. The van der Waals surface area contributed by atoms with Crippen LogP contribution in [0.15, 0.2) is 30.3 Å². The Morgan fingerprint density at radius 3 is 2.80 bits per heavy atom. The van der Waals surface area contributed by atoms with E-state index in [1.807, 2.05) is 37.3 Å². The molecule has 2 saturated heterocycles. The zero-order valence-corrected chi connectivity index (χ0v) is 15.3. The molecule has 2 amide bonds. The molecule has 4 nitrogen and oxygen atoms in total. The topological polar surface area (TPSA) is 44.4 Å². The highest BCUT2D eigenvalue weighted by molar-refractivity contribution is 6.36. The number of halogens is 1. The van der Waals surface area contributed by atoms with Crippen molar-refractivity contribution in [1.82, 2.24) is 10.2 Å². The van der Waals surface area contributed by atoms with Crippen molar-refractivity contribution in [2.75, 3.05) is 18.4 Å². The highest BCUT2D eigenvalue weighted by Gasteiger charge is 2.36. The molecule has 0 saturated carbocycles. The van der Waals surface area contributed by atoms with Gasteiger partial charge in [0.05, 0.1) is 5.69 Å². The van der Waals surface area contributed by atoms with E-state index in [2.05, 4.69) is 15.5 Å². The number of aryl methyl sites for hydroxylation is 1. The summed E-state index contributed by atoms with van der Waals surface area (Å²) in [6.07, 6.45) is 4.78. The number of carbonyl (C=O) groups is 1. The Balaban J connectivity index is 1.52. The number of hydrogen-bond acceptors (Lipinski definition) is 2. The summed E-state index contributed by atoms with van der Waals surface area (Å²) in [7, 11) is 0. The zero-order chi connectivity index (χ0) is 17.4. The molecule has 2 N–H and O–H groups in total. The van der Waals surface area contributed by atoms with E-state index in [0.29, 0.717) is 11.1 Å². The van der Waals surface area contributed by atoms with E-state index in [4.69, 9.17) is 11.6 Å². The van der Waals surface area contributed by atoms with Gasteiger partial charge >= 0.3 is 6.03 Å². The predicted octanol–water partition coefficient (Wildman–Crippen LogP) is 4.55. The zero-order valence-electron chi connectivity index (χ0n) is 14.5. The van der Waals surface area contributed by atoms with Crippen LogP contribution in [0.3, 0.4) is 0 Å². The maximum atomic E-state index is 12.7. The summed E-state index contributed by atoms with van der Waals surface area (Å²) < 4.78 is 0. The minimum Gasteiger partial charge on any atom is -0.334 e. The first-order valence-corrected chi connectivity index (χ1v) is 9.50. The summed E-state index contributed by atoms with van der Waals surface area (Å²) in [5, 5.41) is 8.94. The van der Waals surface area contributed by atoms with Crippen molar-refractivity contribution in [1.29, 1.82) is 0 Å². The van der Waals surface area contributed by atoms with E-state index in [1.165, 1.54) is 25.8 Å². The molecule has 2 atom stereocenters. The maximum absolute atomic E-state index is 12.7. The van der Waals surface area contributed by atoms with Gasteiger partial charge in [0.1, 0.15) is 0 Å². The molecule has 4 rings (SSSR count). The van der Waals surface area contributed by atoms with E-state index in [9.17, 15) is 4.79 Å². The minimum absolute atomic E-state index is 0.118. The minimum atomic E-state index is -0.118. The number of anilines is 1. The van der Waals surface area contributed by atoms with Crippen LogP contribution in [0.2, 0.25) is 5.02 Å². The van der Waals surface area contributed by atoms with Crippen LogP contribution >= 0.6 is 11.6 Å². The third-order valence-corrected chi connectivity index (χ3v) is 5.92. The first-order chi connectivity index (χ1) is 12.1. The molecule has 2 heterocycles. The number of hydrogen-bond donors (Lipinski definition) is 2. The smallest absolute Gasteiger partial charge is 0.319 e. The number of benzene rings is 2. The van der Waals surface area contributed by atoms with Crippen LogP contribution in [0.5, 0.6) is 0 Å². The molecule has 0 radical (unpaired) electrons. The first kappa shape index (κ1) is 16.7. The molecule has 2 aliphatic heterocycles. The van der Waals surface area contributed by atoms with Gasteiger partial charge in [-0.1, -0.05) is 42.3 Å². The Morgan fingerprint density at radius 2 is 1.96 bits per heavy atom. The van der Waals surface area contributed by atoms with Gasteiger partial charge in [-0.2, -0.15) is 0 Å². The van der Waals surface area contributed by atoms with Crippen molar-refractivity contribution in [2.24, 2.45) is 0 Å². The Morgan fingerprint density at radius 1 is 1.16 bits per heavy atom. The van der Waals surface area contributed by atoms with E-state index >= 15 is 0 Å². The highest BCUT2D eigenvalue weighted by atomic mass is 35.5. The summed E-state index contributed by atoms with van der Waals surface area (Å²) >= 11 is 6.35. The molecule has 2 unspecified atom stereocenters. The van der Waals surface area contributed by atoms with Crippen LogP contribution in [-0.2, 0) is 0 Å². The van der Waals surface area contributed by atoms with Crippen LogP contribution in [0, 0.1) is 6.92 Å². The van der Waals surface area contributed by atoms with Crippen molar-refractivity contribution in [3.05, 3.63) is 40.9 Å². The average Bonchev–Trinajstić information content (AvgIpc) is 3.02. The molecule has 2 aliphatic rings. The molecule has 0 bridgehead atoms. The third-order valence-electron chi connectivity index (χ3n) is 5.60. The SMILES string of the molecule is Cc1cc(Cl)c2ccccc2c1NC(=O)NC1CCN2CCCCC12. The van der Waals surface area contributed by atoms with Gasteiger partial charge in [0, 0.05) is 34.4 Å². The number of fused-ring (bicyclic) bond motifs is 2. The molecule has 0 aromatic heterocycles. The number of amides is 2. The second-order valence-electron chi connectivity index (χ2n) is 7.19. The van der Waals surface area contributed by atoms with Crippen LogP contribution in [0.1, 0.15) is 31.2 Å². The molecule has 2 aromatic carbocycles. The number of nitrogens with one attached hydrogen (secondary N) is 2. The molecule has 0 aliphatic carbocycles. The molecule has 2 aromatic rings. The Labute approximate surface area is 153 Å². The second-order valence-corrected chi connectivity index (χ2v) is 7.60. The lowest BCUT2D eigenvalue weighted by Gasteiger charge is -2.32. The van der Waals surface area contributed by atoms with Gasteiger partial charge in [-0.3, -0.25) is 4.90 Å². The Hall–Kier alpha value is -1.78. The second kappa shape index (κ2) is 6.85. The quantitative estimate of drug-likeness (QED) is 0.828. The number of nitrogens with zero attached hydrogens (tertiary/aromatic N) is 1. The van der Waals surface area contributed by atoms with Crippen LogP contribution in [0.25, 0.3) is 10.8 Å². The van der Waals surface area contributed by atoms with Gasteiger partial charge in [0.15, 0.2) is 0 Å². The van der Waals surface area contributed by atoms with Crippen LogP contribution in [0.4, 0.5) is 10.5 Å². The van der Waals surface area contributed by atoms with E-state index in [1.54, 1.807) is 0 Å². The van der Waals surface area contributed by atoms with Crippen LogP contribution < -0.4 is 10.6 Å². The molecular weight excluding hydrogens is 334 g/mol. The summed E-state index contributed by atoms with van der Waals surface area (Å²) in [5.74, 6) is 0. The van der Waals surface area contributed by atoms with Gasteiger partial charge in [-0.25, -0.2) is 4.79 Å². The van der Waals surface area contributed by atoms with Gasteiger partial charge in [0.2, 0.25) is 0 Å². The van der Waals surface area contributed by atoms with E-state index in [0.717, 1.165) is 35.0 Å². The lowest BCUT2D eigenvalue weighted by Crippen LogP contribution is -2.48. The summed E-state index contributed by atoms with van der Waals surface area (Å²) in [5.41, 5.74) is 1.82. The van der Waals surface area contributed by atoms with Crippen molar-refractivity contribution in [2.45, 2.75) is 44.7 Å². The maximum Gasteiger partial charge on any atom is 0.319 e. The Bertz CT molecular complexity index is 807. The molecule has 2 fully saturated rings. The standard InChI is InChI=1S/C20H24ClN3O/c1-13-12-16(21)14-6-2-3-7-15(14)19(13)23-20(25)22-17-9-11-24-10-5-4-8-18(17)24/h2-3,6-7,12,17-18H,4-5,8-11H2,1H3,(H2,22,23,25). The van der Waals surface area contributed by atoms with Gasteiger partial charge < -0.3 is 10.6 Å². The fraction of sp³-hybridized carbons (Fsp3) is 0.450. The fourth-order valence-corrected chi connectivity index (χ4v) is 4.69. The highest BCUT2D eigenvalue weighted by Crippen LogP contribution is 2.33. The van der Waals surface area contributed by atoms with E-state index in [-0.39, 0.29) is 12.1 Å². The number of piperidine rings is 1. The lowest BCUT2D eigenvalue weighted by molar-refractivity contribution is 0.180. The Kier molecular flexibility index (Phi) is 4.57. The number of carbonyl (C=O) groups excluding carboxylic acids is 1. The van der Waals surface area contributed by atoms with Crippen molar-refractivity contribution in [3.8, 4) is 0 Å². The van der Waals surface area contributed by atoms with E-state index < -0.39 is 0 Å².